The van der Waals surface area contributed by atoms with Gasteiger partial charge in [0.05, 0.1) is 30.5 Å². The molecule has 0 heterocycles. The Labute approximate surface area is 211 Å². The topological polar surface area (TPSA) is 158 Å². The molecule has 2 N–H and O–H groups in total. The number of carbonyl (C=O) groups is 3. The van der Waals surface area contributed by atoms with Gasteiger partial charge in [-0.15, -0.1) is 0 Å². The van der Waals surface area contributed by atoms with Crippen LogP contribution < -0.4 is 25.0 Å². The summed E-state index contributed by atoms with van der Waals surface area (Å²) in [6, 6.07) is 16.2. The molecule has 3 rings (SSSR count). The lowest BCUT2D eigenvalue weighted by molar-refractivity contribution is -0.385. The molecule has 12 nitrogen and oxygen atoms in total. The molecule has 0 saturated heterocycles. The first kappa shape index (κ1) is 26.3. The lowest BCUT2D eigenvalue weighted by Gasteiger charge is -2.11. The lowest BCUT2D eigenvalue weighted by atomic mass is 10.1. The fraction of sp³-hybridized carbons (Fsp3) is 0.120. The molecule has 3 aromatic rings. The van der Waals surface area contributed by atoms with Gasteiger partial charge in [0.2, 0.25) is 0 Å². The van der Waals surface area contributed by atoms with Gasteiger partial charge in [-0.3, -0.25) is 19.7 Å². The number of hydrogen-bond acceptors (Lipinski definition) is 9. The number of amides is 2. The molecule has 0 atom stereocenters. The molecule has 0 aromatic heterocycles. The maximum atomic E-state index is 12.4. The van der Waals surface area contributed by atoms with Crippen LogP contribution in [0.15, 0.2) is 71.8 Å². The van der Waals surface area contributed by atoms with Gasteiger partial charge in [-0.2, -0.15) is 5.10 Å². The first-order valence-electron chi connectivity index (χ1n) is 10.7. The summed E-state index contributed by atoms with van der Waals surface area (Å²) in [6.45, 7) is 1.60. The van der Waals surface area contributed by atoms with E-state index in [0.717, 1.165) is 0 Å². The van der Waals surface area contributed by atoms with E-state index in [-0.39, 0.29) is 22.7 Å². The zero-order valence-corrected chi connectivity index (χ0v) is 20.0. The highest BCUT2D eigenvalue weighted by Crippen LogP contribution is 2.29. The van der Waals surface area contributed by atoms with Crippen LogP contribution in [0.5, 0.6) is 17.2 Å². The predicted octanol–water partition coefficient (Wildman–Crippen LogP) is 3.31. The predicted molar refractivity (Wildman–Crippen MR) is 133 cm³/mol. The van der Waals surface area contributed by atoms with E-state index in [9.17, 15) is 24.5 Å². The zero-order valence-electron chi connectivity index (χ0n) is 20.0. The SMILES string of the molecule is COc1ccc(NC(=O)C(=O)N/N=C(\C)c2ccc(OC(=O)c3ccccc3[N+](=O)[O-])cc2)c(OC)c1. The third kappa shape index (κ3) is 6.66. The maximum Gasteiger partial charge on any atom is 0.350 e. The molecule has 0 bridgehead atoms. The Morgan fingerprint density at radius 1 is 0.892 bits per heavy atom. The van der Waals surface area contributed by atoms with Crippen molar-refractivity contribution in [2.24, 2.45) is 5.10 Å². The largest absolute Gasteiger partial charge is 0.497 e. The third-order valence-corrected chi connectivity index (χ3v) is 4.99. The van der Waals surface area contributed by atoms with Crippen LogP contribution in [-0.2, 0) is 9.59 Å². The molecule has 0 aliphatic heterocycles. The Kier molecular flexibility index (Phi) is 8.49. The Bertz CT molecular complexity index is 1370. The van der Waals surface area contributed by atoms with E-state index in [1.54, 1.807) is 31.2 Å². The van der Waals surface area contributed by atoms with Gasteiger partial charge < -0.3 is 19.5 Å². The number of nitrogens with zero attached hydrogens (tertiary/aromatic N) is 2. The summed E-state index contributed by atoms with van der Waals surface area (Å²) in [4.78, 5) is 47.2. The third-order valence-electron chi connectivity index (χ3n) is 4.99. The molecule has 12 heteroatoms. The molecule has 0 unspecified atom stereocenters. The van der Waals surface area contributed by atoms with Crippen molar-refractivity contribution in [1.29, 1.82) is 0 Å². The normalized spacial score (nSPS) is 10.7. The van der Waals surface area contributed by atoms with Crippen LogP contribution in [0.1, 0.15) is 22.8 Å². The second kappa shape index (κ2) is 11.9. The number of carbonyl (C=O) groups excluding carboxylic acids is 3. The fourth-order valence-corrected chi connectivity index (χ4v) is 3.06. The minimum atomic E-state index is -1.01. The molecular weight excluding hydrogens is 484 g/mol. The second-order valence-electron chi connectivity index (χ2n) is 7.35. The van der Waals surface area contributed by atoms with Crippen molar-refractivity contribution in [3.8, 4) is 17.2 Å². The van der Waals surface area contributed by atoms with Gasteiger partial charge in [-0.1, -0.05) is 12.1 Å². The number of esters is 1. The van der Waals surface area contributed by atoms with Crippen LogP contribution >= 0.6 is 0 Å². The van der Waals surface area contributed by atoms with Crippen molar-refractivity contribution < 1.29 is 33.5 Å². The van der Waals surface area contributed by atoms with Crippen LogP contribution in [0.4, 0.5) is 11.4 Å². The van der Waals surface area contributed by atoms with Crippen molar-refractivity contribution in [1.82, 2.24) is 5.43 Å². The summed E-state index contributed by atoms with van der Waals surface area (Å²) in [7, 11) is 2.90. The number of benzene rings is 3. The second-order valence-corrected chi connectivity index (χ2v) is 7.35. The highest BCUT2D eigenvalue weighted by Gasteiger charge is 2.21. The van der Waals surface area contributed by atoms with Gasteiger partial charge in [0, 0.05) is 12.1 Å². The van der Waals surface area contributed by atoms with Crippen molar-refractivity contribution in [3.63, 3.8) is 0 Å². The first-order valence-corrected chi connectivity index (χ1v) is 10.7. The molecule has 0 radical (unpaired) electrons. The van der Waals surface area contributed by atoms with Crippen molar-refractivity contribution in [3.05, 3.63) is 88.0 Å². The summed E-state index contributed by atoms with van der Waals surface area (Å²) in [6.07, 6.45) is 0. The number of hydrazone groups is 1. The Balaban J connectivity index is 1.61. The summed E-state index contributed by atoms with van der Waals surface area (Å²) >= 11 is 0. The van der Waals surface area contributed by atoms with Crippen LogP contribution in [-0.4, -0.2) is 42.6 Å². The van der Waals surface area contributed by atoms with Gasteiger partial charge >= 0.3 is 17.8 Å². The minimum Gasteiger partial charge on any atom is -0.497 e. The van der Waals surface area contributed by atoms with Crippen LogP contribution in [0, 0.1) is 10.1 Å². The fourth-order valence-electron chi connectivity index (χ4n) is 3.06. The Hall–Kier alpha value is -5.26. The van der Waals surface area contributed by atoms with Gasteiger partial charge in [0.15, 0.2) is 0 Å². The molecular formula is C25H22N4O8. The number of ether oxygens (including phenoxy) is 3. The van der Waals surface area contributed by atoms with E-state index >= 15 is 0 Å². The molecule has 0 aliphatic carbocycles. The molecule has 2 amide bonds. The Morgan fingerprint density at radius 2 is 1.57 bits per heavy atom. The first-order chi connectivity index (χ1) is 17.7. The lowest BCUT2D eigenvalue weighted by Crippen LogP contribution is -2.33. The van der Waals surface area contributed by atoms with Crippen molar-refractivity contribution in [2.75, 3.05) is 19.5 Å². The molecule has 190 valence electrons. The summed E-state index contributed by atoms with van der Waals surface area (Å²) in [5.74, 6) is -1.87. The molecule has 0 saturated carbocycles. The number of rotatable bonds is 8. The van der Waals surface area contributed by atoms with E-state index in [0.29, 0.717) is 22.8 Å². The average molecular weight is 506 g/mol. The van der Waals surface area contributed by atoms with Crippen LogP contribution in [0.3, 0.4) is 0 Å². The molecule has 0 aliphatic rings. The average Bonchev–Trinajstić information content (AvgIpc) is 2.91. The summed E-state index contributed by atoms with van der Waals surface area (Å²) in [5, 5.41) is 17.5. The number of hydrogen-bond donors (Lipinski definition) is 2. The monoisotopic (exact) mass is 506 g/mol. The Morgan fingerprint density at radius 3 is 2.22 bits per heavy atom. The highest BCUT2D eigenvalue weighted by atomic mass is 16.6. The van der Waals surface area contributed by atoms with E-state index in [2.05, 4.69) is 15.8 Å². The number of methoxy groups -OCH3 is 2. The standard InChI is InChI=1S/C25H22N4O8/c1-15(27-28-24(31)23(30)26-20-13-12-18(35-2)14-22(20)36-3)16-8-10-17(11-9-16)37-25(32)19-6-4-5-7-21(19)29(33)34/h4-14H,1-3H3,(H,26,30)(H,28,31)/b27-15+. The number of anilines is 1. The molecule has 3 aromatic carbocycles. The smallest absolute Gasteiger partial charge is 0.350 e. The molecule has 0 spiro atoms. The van der Waals surface area contributed by atoms with Gasteiger partial charge in [0.25, 0.3) is 5.69 Å². The van der Waals surface area contributed by atoms with E-state index in [1.165, 1.54) is 56.7 Å². The van der Waals surface area contributed by atoms with Crippen LogP contribution in [0.25, 0.3) is 0 Å². The van der Waals surface area contributed by atoms with Gasteiger partial charge in [-0.05, 0) is 55.0 Å². The summed E-state index contributed by atoms with van der Waals surface area (Å²) < 4.78 is 15.5. The zero-order chi connectivity index (χ0) is 26.9. The van der Waals surface area contributed by atoms with E-state index in [4.69, 9.17) is 14.2 Å². The number of nitro benzene ring substituents is 1. The number of nitrogens with one attached hydrogen (secondary N) is 2. The molecule has 37 heavy (non-hydrogen) atoms. The van der Waals surface area contributed by atoms with Crippen LogP contribution in [0.2, 0.25) is 0 Å². The molecule has 0 fully saturated rings. The van der Waals surface area contributed by atoms with E-state index < -0.39 is 22.7 Å². The van der Waals surface area contributed by atoms with Crippen molar-refractivity contribution >= 4 is 34.9 Å². The highest BCUT2D eigenvalue weighted by molar-refractivity contribution is 6.39. The van der Waals surface area contributed by atoms with Gasteiger partial charge in [0.1, 0.15) is 22.8 Å². The van der Waals surface area contributed by atoms with E-state index in [1.807, 2.05) is 0 Å². The summed E-state index contributed by atoms with van der Waals surface area (Å²) in [5.41, 5.74) is 2.82. The number of nitro groups is 1. The minimum absolute atomic E-state index is 0.150. The maximum absolute atomic E-state index is 12.4. The van der Waals surface area contributed by atoms with Crippen molar-refractivity contribution in [2.45, 2.75) is 6.92 Å². The van der Waals surface area contributed by atoms with Gasteiger partial charge in [-0.25, -0.2) is 10.2 Å². The quantitative estimate of drug-likeness (QED) is 0.118. The number of para-hydroxylation sites is 1.